The number of rotatable bonds is 6. The molecule has 1 fully saturated rings. The molecule has 1 saturated heterocycles. The zero-order valence-electron chi connectivity index (χ0n) is 16.8. The van der Waals surface area contributed by atoms with Gasteiger partial charge in [-0.05, 0) is 48.4 Å². The van der Waals surface area contributed by atoms with Crippen molar-refractivity contribution in [2.24, 2.45) is 0 Å². The van der Waals surface area contributed by atoms with E-state index in [0.717, 1.165) is 41.7 Å². The molecule has 3 amide bonds. The molecule has 8 heteroatoms. The Kier molecular flexibility index (Phi) is 6.36. The second kappa shape index (κ2) is 9.34. The van der Waals surface area contributed by atoms with Gasteiger partial charge in [-0.2, -0.15) is 0 Å². The van der Waals surface area contributed by atoms with E-state index in [1.807, 2.05) is 23.1 Å². The molecular formula is C23H22FN3O3S. The van der Waals surface area contributed by atoms with Gasteiger partial charge in [0.2, 0.25) is 5.91 Å². The summed E-state index contributed by atoms with van der Waals surface area (Å²) in [6.45, 7) is 1.28. The van der Waals surface area contributed by atoms with E-state index < -0.39 is 17.0 Å². The number of nitrogens with zero attached hydrogens (tertiary/aromatic N) is 2. The second-order valence-electron chi connectivity index (χ2n) is 7.36. The number of nitrogens with one attached hydrogen (secondary N) is 1. The van der Waals surface area contributed by atoms with Crippen LogP contribution in [0.15, 0.2) is 53.4 Å². The average Bonchev–Trinajstić information content (AvgIpc) is 3.03. The van der Waals surface area contributed by atoms with E-state index in [4.69, 9.17) is 0 Å². The summed E-state index contributed by atoms with van der Waals surface area (Å²) in [6.07, 6.45) is 3.38. The molecule has 0 radical (unpaired) electrons. The minimum absolute atomic E-state index is 0.0710. The van der Waals surface area contributed by atoms with Crippen LogP contribution in [0.25, 0.3) is 6.08 Å². The molecule has 31 heavy (non-hydrogen) atoms. The Balaban J connectivity index is 1.31. The van der Waals surface area contributed by atoms with Crippen LogP contribution in [-0.2, 0) is 16.0 Å². The minimum Gasteiger partial charge on any atom is -0.362 e. The molecule has 2 aliphatic rings. The van der Waals surface area contributed by atoms with Crippen molar-refractivity contribution in [3.63, 3.8) is 0 Å². The third-order valence-electron chi connectivity index (χ3n) is 5.26. The Morgan fingerprint density at radius 3 is 2.74 bits per heavy atom. The molecule has 2 aliphatic heterocycles. The van der Waals surface area contributed by atoms with Crippen LogP contribution >= 0.6 is 11.8 Å². The summed E-state index contributed by atoms with van der Waals surface area (Å²) in [5.74, 6) is -1.09. The molecule has 4 rings (SSSR count). The van der Waals surface area contributed by atoms with E-state index in [2.05, 4.69) is 11.4 Å². The number of para-hydroxylation sites is 1. The smallest absolute Gasteiger partial charge is 0.293 e. The molecule has 0 atom stereocenters. The van der Waals surface area contributed by atoms with Crippen molar-refractivity contribution in [2.45, 2.75) is 12.8 Å². The highest BCUT2D eigenvalue weighted by atomic mass is 32.2. The highest BCUT2D eigenvalue weighted by Gasteiger charge is 2.34. The fourth-order valence-corrected chi connectivity index (χ4v) is 4.59. The van der Waals surface area contributed by atoms with Crippen molar-refractivity contribution in [1.29, 1.82) is 0 Å². The lowest BCUT2D eigenvalue weighted by Crippen LogP contribution is -2.43. The van der Waals surface area contributed by atoms with Crippen molar-refractivity contribution < 1.29 is 18.8 Å². The highest BCUT2D eigenvalue weighted by molar-refractivity contribution is 8.18. The number of benzene rings is 2. The van der Waals surface area contributed by atoms with E-state index in [9.17, 15) is 18.8 Å². The summed E-state index contributed by atoms with van der Waals surface area (Å²) in [5.41, 5.74) is 2.57. The quantitative estimate of drug-likeness (QED) is 0.699. The molecule has 0 saturated carbocycles. The molecule has 2 heterocycles. The highest BCUT2D eigenvalue weighted by Crippen LogP contribution is 2.32. The fourth-order valence-electron chi connectivity index (χ4n) is 3.74. The van der Waals surface area contributed by atoms with Gasteiger partial charge in [-0.15, -0.1) is 0 Å². The van der Waals surface area contributed by atoms with Crippen molar-refractivity contribution in [2.75, 3.05) is 31.1 Å². The topological polar surface area (TPSA) is 69.7 Å². The average molecular weight is 440 g/mol. The molecule has 6 nitrogen and oxygen atoms in total. The number of anilines is 1. The molecule has 0 bridgehead atoms. The lowest BCUT2D eigenvalue weighted by Gasteiger charge is -2.30. The van der Waals surface area contributed by atoms with E-state index >= 15 is 0 Å². The summed E-state index contributed by atoms with van der Waals surface area (Å²) in [4.78, 5) is 40.4. The molecular weight excluding hydrogens is 417 g/mol. The Morgan fingerprint density at radius 1 is 1.13 bits per heavy atom. The van der Waals surface area contributed by atoms with Gasteiger partial charge in [0.05, 0.1) is 11.4 Å². The van der Waals surface area contributed by atoms with Crippen LogP contribution < -0.4 is 10.2 Å². The van der Waals surface area contributed by atoms with E-state index in [0.29, 0.717) is 0 Å². The number of hydrogen-bond donors (Lipinski definition) is 1. The van der Waals surface area contributed by atoms with Crippen LogP contribution in [0.3, 0.4) is 0 Å². The predicted molar refractivity (Wildman–Crippen MR) is 119 cm³/mol. The molecule has 1 N–H and O–H groups in total. The number of halogens is 1. The Labute approximate surface area is 184 Å². The number of amides is 3. The first-order valence-corrected chi connectivity index (χ1v) is 10.9. The van der Waals surface area contributed by atoms with Gasteiger partial charge in [0, 0.05) is 30.9 Å². The maximum Gasteiger partial charge on any atom is 0.293 e. The molecule has 2 aromatic carbocycles. The number of aryl methyl sites for hydroxylation is 1. The van der Waals surface area contributed by atoms with Crippen molar-refractivity contribution in [1.82, 2.24) is 10.2 Å². The summed E-state index contributed by atoms with van der Waals surface area (Å²) in [5, 5.41) is 2.36. The largest absolute Gasteiger partial charge is 0.362 e. The van der Waals surface area contributed by atoms with Gasteiger partial charge in [0.25, 0.3) is 11.1 Å². The van der Waals surface area contributed by atoms with Crippen LogP contribution in [0.4, 0.5) is 14.9 Å². The first-order valence-electron chi connectivity index (χ1n) is 10.1. The number of imide groups is 1. The van der Waals surface area contributed by atoms with Crippen LogP contribution in [0, 0.1) is 5.82 Å². The second-order valence-corrected chi connectivity index (χ2v) is 8.35. The van der Waals surface area contributed by atoms with Gasteiger partial charge in [0.1, 0.15) is 5.82 Å². The Morgan fingerprint density at radius 2 is 1.90 bits per heavy atom. The zero-order chi connectivity index (χ0) is 21.8. The normalized spacial score (nSPS) is 17.3. The van der Waals surface area contributed by atoms with Gasteiger partial charge in [0.15, 0.2) is 0 Å². The van der Waals surface area contributed by atoms with Gasteiger partial charge < -0.3 is 10.2 Å². The SMILES string of the molecule is O=C(CN1CCCc2ccccc21)NCCN1C(=O)S/C(=C\c2ccccc2F)C1=O. The van der Waals surface area contributed by atoms with E-state index in [1.54, 1.807) is 18.2 Å². The number of fused-ring (bicyclic) bond motifs is 1. The number of carbonyl (C=O) groups is 3. The molecule has 0 spiro atoms. The molecule has 0 aliphatic carbocycles. The minimum atomic E-state index is -0.475. The van der Waals surface area contributed by atoms with Gasteiger partial charge in [-0.1, -0.05) is 36.4 Å². The van der Waals surface area contributed by atoms with Crippen LogP contribution in [0.2, 0.25) is 0 Å². The maximum atomic E-state index is 13.8. The van der Waals surface area contributed by atoms with Crippen molar-refractivity contribution in [3.05, 3.63) is 70.4 Å². The molecule has 0 aromatic heterocycles. The third kappa shape index (κ3) is 4.80. The predicted octanol–water partition coefficient (Wildman–Crippen LogP) is 3.43. The van der Waals surface area contributed by atoms with E-state index in [-0.39, 0.29) is 36.0 Å². The number of carbonyl (C=O) groups excluding carboxylic acids is 3. The van der Waals surface area contributed by atoms with Crippen LogP contribution in [-0.4, -0.2) is 48.1 Å². The first kappa shape index (κ1) is 21.1. The Hall–Kier alpha value is -3.13. The van der Waals surface area contributed by atoms with Gasteiger partial charge >= 0.3 is 0 Å². The van der Waals surface area contributed by atoms with Gasteiger partial charge in [-0.25, -0.2) is 4.39 Å². The summed E-state index contributed by atoms with van der Waals surface area (Å²) in [6, 6.07) is 14.1. The lowest BCUT2D eigenvalue weighted by molar-refractivity contribution is -0.124. The summed E-state index contributed by atoms with van der Waals surface area (Å²) < 4.78 is 13.8. The molecule has 160 valence electrons. The fraction of sp³-hybridized carbons (Fsp3) is 0.261. The van der Waals surface area contributed by atoms with Crippen molar-refractivity contribution >= 4 is 40.6 Å². The van der Waals surface area contributed by atoms with Crippen LogP contribution in [0.1, 0.15) is 17.5 Å². The van der Waals surface area contributed by atoms with E-state index in [1.165, 1.54) is 17.7 Å². The van der Waals surface area contributed by atoms with Crippen molar-refractivity contribution in [3.8, 4) is 0 Å². The number of thioether (sulfide) groups is 1. The monoisotopic (exact) mass is 439 g/mol. The lowest BCUT2D eigenvalue weighted by atomic mass is 10.0. The summed E-state index contributed by atoms with van der Waals surface area (Å²) >= 11 is 0.776. The zero-order valence-corrected chi connectivity index (χ0v) is 17.7. The standard InChI is InChI=1S/C23H22FN3O3S/c24-18-9-3-1-7-17(18)14-20-22(29)27(23(30)31-20)13-11-25-21(28)15-26-12-5-8-16-6-2-4-10-19(16)26/h1-4,6-7,9-10,14H,5,8,11-13,15H2,(H,25,28)/b20-14-. The molecule has 2 aromatic rings. The third-order valence-corrected chi connectivity index (χ3v) is 6.17. The first-order chi connectivity index (χ1) is 15.0. The Bertz CT molecular complexity index is 1060. The van der Waals surface area contributed by atoms with Crippen LogP contribution in [0.5, 0.6) is 0 Å². The van der Waals surface area contributed by atoms with Gasteiger partial charge in [-0.3, -0.25) is 19.3 Å². The maximum absolute atomic E-state index is 13.8. The number of hydrogen-bond acceptors (Lipinski definition) is 5. The summed E-state index contributed by atoms with van der Waals surface area (Å²) in [7, 11) is 0. The molecule has 0 unspecified atom stereocenters.